The number of aromatic amines is 1. The lowest BCUT2D eigenvalue weighted by Crippen LogP contribution is -2.29. The van der Waals surface area contributed by atoms with Gasteiger partial charge in [0.1, 0.15) is 5.52 Å². The molecule has 0 bridgehead atoms. The second kappa shape index (κ2) is 8.98. The summed E-state index contributed by atoms with van der Waals surface area (Å²) in [5, 5.41) is 4.06. The largest absolute Gasteiger partial charge is 0.339 e. The smallest absolute Gasteiger partial charge is 0.274 e. The van der Waals surface area contributed by atoms with Crippen LogP contribution in [0.1, 0.15) is 25.7 Å². The van der Waals surface area contributed by atoms with Crippen LogP contribution in [0.5, 0.6) is 0 Å². The average molecular weight is 364 g/mol. The van der Waals surface area contributed by atoms with Crippen LogP contribution in [0.2, 0.25) is 0 Å². The lowest BCUT2D eigenvalue weighted by molar-refractivity contribution is -0.125. The summed E-state index contributed by atoms with van der Waals surface area (Å²) in [6.07, 6.45) is 9.66. The molecule has 0 radical (unpaired) electrons. The van der Waals surface area contributed by atoms with Crippen LogP contribution in [0, 0.1) is 0 Å². The molecule has 1 aliphatic heterocycles. The van der Waals surface area contributed by atoms with E-state index in [0.29, 0.717) is 5.52 Å². The van der Waals surface area contributed by atoms with E-state index < -0.39 is 0 Å². The minimum atomic E-state index is -0.126. The number of nitrogens with zero attached hydrogens (tertiary/aromatic N) is 3. The van der Waals surface area contributed by atoms with Gasteiger partial charge in [-0.25, -0.2) is 4.52 Å². The summed E-state index contributed by atoms with van der Waals surface area (Å²) in [5.74, 6) is 0.0897. The van der Waals surface area contributed by atoms with E-state index in [9.17, 15) is 9.59 Å². The Morgan fingerprint density at radius 3 is 2.44 bits per heavy atom. The third kappa shape index (κ3) is 4.73. The predicted molar refractivity (Wildman–Crippen MR) is 106 cm³/mol. The van der Waals surface area contributed by atoms with Gasteiger partial charge in [0.25, 0.3) is 5.56 Å². The highest BCUT2D eigenvalue weighted by molar-refractivity contribution is 5.86. The van der Waals surface area contributed by atoms with Gasteiger partial charge in [-0.3, -0.25) is 9.59 Å². The number of hydrogen-bond acceptors (Lipinski definition) is 3. The predicted octanol–water partition coefficient (Wildman–Crippen LogP) is 3.26. The number of fused-ring (bicyclic) bond motifs is 1. The molecule has 0 aliphatic carbocycles. The highest BCUT2D eigenvalue weighted by Gasteiger charge is 2.11. The van der Waals surface area contributed by atoms with Crippen molar-refractivity contribution in [2.45, 2.75) is 25.7 Å². The molecule has 140 valence electrons. The molecular weight excluding hydrogens is 340 g/mol. The summed E-state index contributed by atoms with van der Waals surface area (Å²) in [5.41, 5.74) is 2.16. The molecule has 1 aliphatic rings. The lowest BCUT2D eigenvalue weighted by Gasteiger charge is -2.17. The summed E-state index contributed by atoms with van der Waals surface area (Å²) in [4.78, 5) is 27.6. The van der Waals surface area contributed by atoms with Gasteiger partial charge in [-0.2, -0.15) is 5.10 Å². The van der Waals surface area contributed by atoms with Gasteiger partial charge in [0.15, 0.2) is 0 Å². The van der Waals surface area contributed by atoms with E-state index in [1.54, 1.807) is 16.8 Å². The maximum Gasteiger partial charge on any atom is 0.274 e. The van der Waals surface area contributed by atoms with Gasteiger partial charge >= 0.3 is 0 Å². The molecule has 6 nitrogen and oxygen atoms in total. The number of carbonyl (C=O) groups excluding carboxylic acids is 1. The van der Waals surface area contributed by atoms with Crippen molar-refractivity contribution in [3.63, 3.8) is 0 Å². The average Bonchev–Trinajstić information content (AvgIpc) is 3.02. The maximum atomic E-state index is 11.7. The van der Waals surface area contributed by atoms with Gasteiger partial charge in [0, 0.05) is 13.1 Å². The number of amides is 1. The molecule has 6 heteroatoms. The first kappa shape index (κ1) is 18.6. The van der Waals surface area contributed by atoms with Gasteiger partial charge in [-0.15, -0.1) is 0 Å². The molecule has 1 fully saturated rings. The number of likely N-dealkylation sites (tertiary alicyclic amines) is 1. The highest BCUT2D eigenvalue weighted by Crippen LogP contribution is 2.14. The zero-order chi connectivity index (χ0) is 19.1. The Morgan fingerprint density at radius 1 is 1.07 bits per heavy atom. The molecule has 0 spiro atoms. The second-order valence-corrected chi connectivity index (χ2v) is 6.47. The first-order valence-electron chi connectivity index (χ1n) is 9.22. The molecule has 1 N–H and O–H groups in total. The Hall–Kier alpha value is -3.15. The van der Waals surface area contributed by atoms with Crippen LogP contribution in [-0.4, -0.2) is 38.5 Å². The van der Waals surface area contributed by atoms with Crippen molar-refractivity contribution in [2.24, 2.45) is 0 Å². The quantitative estimate of drug-likeness (QED) is 0.710. The van der Waals surface area contributed by atoms with Crippen molar-refractivity contribution in [1.82, 2.24) is 19.5 Å². The fourth-order valence-corrected chi connectivity index (χ4v) is 3.12. The minimum absolute atomic E-state index is 0.0897. The zero-order valence-electron chi connectivity index (χ0n) is 15.3. The van der Waals surface area contributed by atoms with Crippen molar-refractivity contribution in [1.29, 1.82) is 0 Å². The van der Waals surface area contributed by atoms with Crippen molar-refractivity contribution in [2.75, 3.05) is 13.1 Å². The van der Waals surface area contributed by atoms with E-state index in [-0.39, 0.29) is 11.5 Å². The number of carbonyl (C=O) groups is 1. The molecule has 0 saturated carbocycles. The van der Waals surface area contributed by atoms with Gasteiger partial charge in [-0.1, -0.05) is 49.8 Å². The molecular formula is C21H24N4O2. The van der Waals surface area contributed by atoms with E-state index in [1.807, 2.05) is 41.4 Å². The zero-order valence-corrected chi connectivity index (χ0v) is 15.3. The number of benzene rings is 1. The monoisotopic (exact) mass is 364 g/mol. The molecule has 4 rings (SSSR count). The van der Waals surface area contributed by atoms with Crippen LogP contribution in [0.3, 0.4) is 0 Å². The van der Waals surface area contributed by atoms with Gasteiger partial charge < -0.3 is 9.88 Å². The topological polar surface area (TPSA) is 70.5 Å². The van der Waals surface area contributed by atoms with Gasteiger partial charge in [0.05, 0.1) is 18.1 Å². The number of aromatic nitrogens is 3. The lowest BCUT2D eigenvalue weighted by atomic mass is 10.2. The van der Waals surface area contributed by atoms with Crippen LogP contribution in [-0.2, 0) is 4.79 Å². The summed E-state index contributed by atoms with van der Waals surface area (Å²) in [6, 6.07) is 11.4. The SMILES string of the molecule is C=CC(=O)N1CCCCCC1.O=c1[nH]c(-c2ccccc2)cn2nccc12. The first-order chi connectivity index (χ1) is 13.2. The number of nitrogens with one attached hydrogen (secondary N) is 1. The molecule has 27 heavy (non-hydrogen) atoms. The Bertz CT molecular complexity index is 951. The first-order valence-corrected chi connectivity index (χ1v) is 9.22. The summed E-state index contributed by atoms with van der Waals surface area (Å²) in [6.45, 7) is 5.32. The summed E-state index contributed by atoms with van der Waals surface area (Å²) < 4.78 is 1.58. The van der Waals surface area contributed by atoms with E-state index in [4.69, 9.17) is 0 Å². The molecule has 0 unspecified atom stereocenters. The van der Waals surface area contributed by atoms with Gasteiger partial charge in [-0.05, 0) is 30.5 Å². The van der Waals surface area contributed by atoms with Crippen molar-refractivity contribution >= 4 is 11.4 Å². The van der Waals surface area contributed by atoms with E-state index in [2.05, 4.69) is 16.7 Å². The maximum absolute atomic E-state index is 11.7. The number of hydrogen-bond donors (Lipinski definition) is 1. The van der Waals surface area contributed by atoms with Crippen LogP contribution in [0.4, 0.5) is 0 Å². The third-order valence-corrected chi connectivity index (χ3v) is 4.58. The van der Waals surface area contributed by atoms with Crippen LogP contribution in [0.15, 0.2) is 66.2 Å². The second-order valence-electron chi connectivity index (χ2n) is 6.47. The van der Waals surface area contributed by atoms with Crippen molar-refractivity contribution in [3.05, 3.63) is 71.8 Å². The summed E-state index contributed by atoms with van der Waals surface area (Å²) in [7, 11) is 0. The molecule has 3 heterocycles. The number of rotatable bonds is 2. The molecule has 1 saturated heterocycles. The van der Waals surface area contributed by atoms with Crippen LogP contribution >= 0.6 is 0 Å². The fourth-order valence-electron chi connectivity index (χ4n) is 3.12. The Balaban J connectivity index is 0.000000168. The highest BCUT2D eigenvalue weighted by atomic mass is 16.2. The van der Waals surface area contributed by atoms with Gasteiger partial charge in [0.2, 0.25) is 5.91 Å². The van der Waals surface area contributed by atoms with Crippen molar-refractivity contribution in [3.8, 4) is 11.3 Å². The third-order valence-electron chi connectivity index (χ3n) is 4.58. The fraction of sp³-hybridized carbons (Fsp3) is 0.286. The normalized spacial score (nSPS) is 14.1. The molecule has 1 amide bonds. The Morgan fingerprint density at radius 2 is 1.78 bits per heavy atom. The van der Waals surface area contributed by atoms with E-state index >= 15 is 0 Å². The molecule has 2 aromatic heterocycles. The molecule has 1 aromatic carbocycles. The van der Waals surface area contributed by atoms with E-state index in [1.165, 1.54) is 18.9 Å². The van der Waals surface area contributed by atoms with Crippen LogP contribution in [0.25, 0.3) is 16.8 Å². The Kier molecular flexibility index (Phi) is 6.20. The Labute approximate surface area is 158 Å². The number of H-pyrrole nitrogens is 1. The summed E-state index contributed by atoms with van der Waals surface area (Å²) >= 11 is 0. The molecule has 0 atom stereocenters. The minimum Gasteiger partial charge on any atom is -0.339 e. The van der Waals surface area contributed by atoms with E-state index in [0.717, 1.165) is 37.2 Å². The van der Waals surface area contributed by atoms with Crippen LogP contribution < -0.4 is 5.56 Å². The standard InChI is InChI=1S/C12H9N3O.C9H15NO/c16-12-11-6-7-13-15(11)8-10(14-12)9-4-2-1-3-5-9;1-2-9(11)10-7-5-3-4-6-8-10/h1-8H,(H,14,16);2H,1,3-8H2. The molecule has 3 aromatic rings. The van der Waals surface area contributed by atoms with Crippen molar-refractivity contribution < 1.29 is 4.79 Å².